The topological polar surface area (TPSA) is 148 Å². The van der Waals surface area contributed by atoms with Gasteiger partial charge in [-0.15, -0.1) is 0 Å². The molecule has 3 fully saturated rings. The molecule has 3 rings (SSSR count). The molecule has 9 nitrogen and oxygen atoms in total. The highest BCUT2D eigenvalue weighted by Crippen LogP contribution is 2.18. The van der Waals surface area contributed by atoms with Crippen LogP contribution in [0.5, 0.6) is 0 Å². The number of carbonyl (C=O) groups is 3. The minimum Gasteiger partial charge on any atom is -0.480 e. The zero-order valence-electron chi connectivity index (χ0n) is 23.6. The Morgan fingerprint density at radius 3 is 0.789 bits per heavy atom. The second kappa shape index (κ2) is 23.2. The summed E-state index contributed by atoms with van der Waals surface area (Å²) in [7, 11) is 0. The minimum atomic E-state index is -0.754. The molecule has 0 saturated heterocycles. The van der Waals surface area contributed by atoms with Crippen molar-refractivity contribution in [3.8, 4) is 0 Å². The highest BCUT2D eigenvalue weighted by Gasteiger charge is 2.14. The highest BCUT2D eigenvalue weighted by atomic mass is 16.4. The van der Waals surface area contributed by atoms with Crippen molar-refractivity contribution in [2.45, 2.75) is 147 Å². The summed E-state index contributed by atoms with van der Waals surface area (Å²) in [6, 6.07) is 1.34. The Labute approximate surface area is 229 Å². The van der Waals surface area contributed by atoms with Crippen molar-refractivity contribution in [2.75, 3.05) is 19.6 Å². The van der Waals surface area contributed by atoms with Gasteiger partial charge in [0.25, 0.3) is 0 Å². The van der Waals surface area contributed by atoms with Gasteiger partial charge in [-0.05, 0) is 38.5 Å². The van der Waals surface area contributed by atoms with E-state index in [1.807, 2.05) is 0 Å². The Morgan fingerprint density at radius 1 is 0.395 bits per heavy atom. The lowest BCUT2D eigenvalue weighted by Gasteiger charge is -2.21. The molecule has 38 heavy (non-hydrogen) atoms. The van der Waals surface area contributed by atoms with Gasteiger partial charge in [0, 0.05) is 18.1 Å². The van der Waals surface area contributed by atoms with Gasteiger partial charge in [0.2, 0.25) is 0 Å². The Bertz CT molecular complexity index is 609. The lowest BCUT2D eigenvalue weighted by atomic mass is 9.96. The first kappa shape index (κ1) is 34.3. The van der Waals surface area contributed by atoms with E-state index in [0.29, 0.717) is 18.1 Å². The Balaban J connectivity index is 0.000000289. The molecule has 0 radical (unpaired) electrons. The first-order chi connectivity index (χ1) is 18.4. The summed E-state index contributed by atoms with van der Waals surface area (Å²) in [6.07, 6.45) is 25.0. The van der Waals surface area contributed by atoms with Crippen LogP contribution in [0.25, 0.3) is 0 Å². The Morgan fingerprint density at radius 2 is 0.579 bits per heavy atom. The Hall–Kier alpha value is -1.71. The molecule has 0 heterocycles. The molecule has 0 aliphatic heterocycles. The SMILES string of the molecule is O=C(O)CNC1CCCCC1.O=C(O)CNC1CCCCCC1.O=C(O)CNC1CCCCCCCCC1. The van der Waals surface area contributed by atoms with Crippen LogP contribution in [0.3, 0.4) is 0 Å². The monoisotopic (exact) mass is 541 g/mol. The predicted molar refractivity (Wildman–Crippen MR) is 151 cm³/mol. The third-order valence-electron chi connectivity index (χ3n) is 7.69. The summed E-state index contributed by atoms with van der Waals surface area (Å²) in [4.78, 5) is 30.9. The van der Waals surface area contributed by atoms with Gasteiger partial charge in [0.15, 0.2) is 0 Å². The number of aliphatic carboxylic acids is 3. The quantitative estimate of drug-likeness (QED) is 0.223. The van der Waals surface area contributed by atoms with Gasteiger partial charge in [0.05, 0.1) is 19.6 Å². The molecular weight excluding hydrogens is 486 g/mol. The molecule has 0 aromatic rings. The fourth-order valence-corrected chi connectivity index (χ4v) is 5.50. The van der Waals surface area contributed by atoms with E-state index in [9.17, 15) is 14.4 Å². The van der Waals surface area contributed by atoms with Crippen LogP contribution in [0.4, 0.5) is 0 Å². The summed E-state index contributed by atoms with van der Waals surface area (Å²) >= 11 is 0. The molecule has 3 aliphatic rings. The van der Waals surface area contributed by atoms with E-state index in [1.165, 1.54) is 89.9 Å². The zero-order valence-corrected chi connectivity index (χ0v) is 23.6. The number of carboxylic acid groups (broad SMARTS) is 3. The van der Waals surface area contributed by atoms with E-state index in [-0.39, 0.29) is 19.6 Å². The molecule has 0 bridgehead atoms. The van der Waals surface area contributed by atoms with Gasteiger partial charge < -0.3 is 31.3 Å². The van der Waals surface area contributed by atoms with Crippen molar-refractivity contribution in [1.29, 1.82) is 0 Å². The third-order valence-corrected chi connectivity index (χ3v) is 7.69. The second-order valence-electron chi connectivity index (χ2n) is 11.1. The fourth-order valence-electron chi connectivity index (χ4n) is 5.50. The molecule has 3 saturated carbocycles. The maximum Gasteiger partial charge on any atom is 0.317 e. The smallest absolute Gasteiger partial charge is 0.317 e. The van der Waals surface area contributed by atoms with Crippen LogP contribution in [0.15, 0.2) is 0 Å². The first-order valence-corrected chi connectivity index (χ1v) is 15.2. The highest BCUT2D eigenvalue weighted by molar-refractivity contribution is 5.69. The average molecular weight is 542 g/mol. The van der Waals surface area contributed by atoms with E-state index < -0.39 is 17.9 Å². The van der Waals surface area contributed by atoms with Gasteiger partial charge in [-0.3, -0.25) is 14.4 Å². The standard InChI is InChI=1S/C12H23NO2.C9H17NO2.C8H15NO2/c14-12(15)10-13-11-8-6-4-2-1-3-5-7-9-11;11-9(12)7-10-8-5-3-1-2-4-6-8;10-8(11)6-9-7-4-2-1-3-5-7/h11,13H,1-10H2,(H,14,15);8,10H,1-7H2,(H,11,12);7,9H,1-6H2,(H,10,11). The minimum absolute atomic E-state index is 0.116. The number of rotatable bonds is 9. The molecule has 0 spiro atoms. The molecule has 0 aromatic carbocycles. The van der Waals surface area contributed by atoms with Crippen LogP contribution in [0.1, 0.15) is 128 Å². The number of nitrogens with one attached hydrogen (secondary N) is 3. The molecule has 0 amide bonds. The molecule has 222 valence electrons. The maximum atomic E-state index is 10.5. The molecule has 3 aliphatic carbocycles. The lowest BCUT2D eigenvalue weighted by molar-refractivity contribution is -0.137. The van der Waals surface area contributed by atoms with Crippen molar-refractivity contribution < 1.29 is 29.7 Å². The van der Waals surface area contributed by atoms with E-state index in [4.69, 9.17) is 15.3 Å². The largest absolute Gasteiger partial charge is 0.480 e. The third kappa shape index (κ3) is 21.2. The lowest BCUT2D eigenvalue weighted by Crippen LogP contribution is -2.34. The number of hydrogen-bond acceptors (Lipinski definition) is 6. The fraction of sp³-hybridized carbons (Fsp3) is 0.897. The van der Waals surface area contributed by atoms with Gasteiger partial charge >= 0.3 is 17.9 Å². The van der Waals surface area contributed by atoms with Crippen LogP contribution in [-0.2, 0) is 14.4 Å². The van der Waals surface area contributed by atoms with Gasteiger partial charge in [0.1, 0.15) is 0 Å². The zero-order chi connectivity index (χ0) is 27.8. The molecular formula is C29H55N3O6. The molecule has 0 aromatic heterocycles. The average Bonchev–Trinajstić information content (AvgIpc) is 3.19. The Kier molecular flexibility index (Phi) is 21.0. The molecule has 0 unspecified atom stereocenters. The van der Waals surface area contributed by atoms with Crippen molar-refractivity contribution >= 4 is 17.9 Å². The normalized spacial score (nSPS) is 20.5. The van der Waals surface area contributed by atoms with E-state index in [2.05, 4.69) is 16.0 Å². The van der Waals surface area contributed by atoms with Gasteiger partial charge in [-0.2, -0.15) is 0 Å². The van der Waals surface area contributed by atoms with Crippen LogP contribution in [0.2, 0.25) is 0 Å². The van der Waals surface area contributed by atoms with Crippen molar-refractivity contribution in [1.82, 2.24) is 16.0 Å². The van der Waals surface area contributed by atoms with Crippen molar-refractivity contribution in [3.63, 3.8) is 0 Å². The summed E-state index contributed by atoms with van der Waals surface area (Å²) < 4.78 is 0. The molecule has 0 atom stereocenters. The number of carboxylic acids is 3. The summed E-state index contributed by atoms with van der Waals surface area (Å²) in [5.41, 5.74) is 0. The van der Waals surface area contributed by atoms with Gasteiger partial charge in [-0.1, -0.05) is 89.9 Å². The summed E-state index contributed by atoms with van der Waals surface area (Å²) in [5, 5.41) is 34.7. The second-order valence-corrected chi connectivity index (χ2v) is 11.1. The first-order valence-electron chi connectivity index (χ1n) is 15.2. The van der Waals surface area contributed by atoms with Gasteiger partial charge in [-0.25, -0.2) is 0 Å². The molecule has 6 N–H and O–H groups in total. The van der Waals surface area contributed by atoms with Crippen molar-refractivity contribution in [2.24, 2.45) is 0 Å². The van der Waals surface area contributed by atoms with Crippen LogP contribution in [-0.4, -0.2) is 71.0 Å². The van der Waals surface area contributed by atoms with E-state index in [0.717, 1.165) is 38.5 Å². The van der Waals surface area contributed by atoms with E-state index >= 15 is 0 Å². The number of hydrogen-bond donors (Lipinski definition) is 6. The summed E-state index contributed by atoms with van der Waals surface area (Å²) in [6.45, 7) is 0.347. The predicted octanol–water partition coefficient (Wildman–Crippen LogP) is 4.93. The summed E-state index contributed by atoms with van der Waals surface area (Å²) in [5.74, 6) is -2.25. The maximum absolute atomic E-state index is 10.5. The van der Waals surface area contributed by atoms with E-state index in [1.54, 1.807) is 0 Å². The van der Waals surface area contributed by atoms with Crippen molar-refractivity contribution in [3.05, 3.63) is 0 Å². The molecule has 9 heteroatoms. The van der Waals surface area contributed by atoms with Crippen LogP contribution in [0, 0.1) is 0 Å². The van der Waals surface area contributed by atoms with Crippen LogP contribution >= 0.6 is 0 Å². The van der Waals surface area contributed by atoms with Crippen LogP contribution < -0.4 is 16.0 Å².